The Labute approximate surface area is 111 Å². The Balaban J connectivity index is 1.86. The van der Waals surface area contributed by atoms with Crippen LogP contribution in [0.2, 0.25) is 0 Å². The van der Waals surface area contributed by atoms with Gasteiger partial charge in [-0.15, -0.1) is 0 Å². The molecule has 3 nitrogen and oxygen atoms in total. The molecule has 1 fully saturated rings. The minimum absolute atomic E-state index is 0.0188. The molecule has 0 bridgehead atoms. The van der Waals surface area contributed by atoms with E-state index in [1.807, 2.05) is 24.3 Å². The first-order valence-corrected chi connectivity index (χ1v) is 6.50. The van der Waals surface area contributed by atoms with E-state index in [2.05, 4.69) is 29.2 Å². The second-order valence-electron chi connectivity index (χ2n) is 5.19. The van der Waals surface area contributed by atoms with Crippen molar-refractivity contribution in [1.29, 1.82) is 0 Å². The van der Waals surface area contributed by atoms with Gasteiger partial charge in [0.2, 0.25) is 5.89 Å². The maximum Gasteiger partial charge on any atom is 0.206 e. The Morgan fingerprint density at radius 1 is 1.05 bits per heavy atom. The lowest BCUT2D eigenvalue weighted by Crippen LogP contribution is -2.08. The van der Waals surface area contributed by atoms with Gasteiger partial charge in [0.05, 0.1) is 5.41 Å². The molecule has 2 N–H and O–H groups in total. The van der Waals surface area contributed by atoms with E-state index >= 15 is 0 Å². The normalized spacial score (nSPS) is 16.6. The fourth-order valence-corrected chi connectivity index (χ4v) is 2.66. The van der Waals surface area contributed by atoms with E-state index in [1.165, 1.54) is 5.56 Å². The summed E-state index contributed by atoms with van der Waals surface area (Å²) in [6.07, 6.45) is 2.19. The molecule has 4 rings (SSSR count). The first-order valence-electron chi connectivity index (χ1n) is 6.50. The fourth-order valence-electron chi connectivity index (χ4n) is 2.66. The van der Waals surface area contributed by atoms with Gasteiger partial charge in [0.25, 0.3) is 0 Å². The van der Waals surface area contributed by atoms with Gasteiger partial charge in [-0.3, -0.25) is 0 Å². The van der Waals surface area contributed by atoms with Crippen LogP contribution in [0.4, 0.5) is 5.69 Å². The van der Waals surface area contributed by atoms with Gasteiger partial charge in [-0.25, -0.2) is 4.98 Å². The van der Waals surface area contributed by atoms with Crippen molar-refractivity contribution in [2.45, 2.75) is 18.3 Å². The predicted octanol–water partition coefficient (Wildman–Crippen LogP) is 3.49. The zero-order valence-electron chi connectivity index (χ0n) is 10.5. The Kier molecular flexibility index (Phi) is 2.01. The van der Waals surface area contributed by atoms with Gasteiger partial charge in [0.1, 0.15) is 5.52 Å². The summed E-state index contributed by atoms with van der Waals surface area (Å²) in [6, 6.07) is 16.1. The lowest BCUT2D eigenvalue weighted by Gasteiger charge is -2.10. The second-order valence-corrected chi connectivity index (χ2v) is 5.19. The van der Waals surface area contributed by atoms with Crippen LogP contribution in [0.1, 0.15) is 24.3 Å². The number of oxazole rings is 1. The van der Waals surface area contributed by atoms with Crippen molar-refractivity contribution in [3.63, 3.8) is 0 Å². The molecular weight excluding hydrogens is 236 g/mol. The summed E-state index contributed by atoms with van der Waals surface area (Å²) in [5.41, 5.74) is 9.43. The SMILES string of the molecule is Nc1ccc2oc(C3(c4ccccc4)CC3)nc2c1. The molecule has 1 aliphatic rings. The Morgan fingerprint density at radius 3 is 2.58 bits per heavy atom. The summed E-state index contributed by atoms with van der Waals surface area (Å²) in [5, 5.41) is 0. The standard InChI is InChI=1S/C16H14N2O/c17-12-6-7-14-13(10-12)18-15(19-14)16(8-9-16)11-4-2-1-3-5-11/h1-7,10H,8-9,17H2. The minimum atomic E-state index is -0.0188. The predicted molar refractivity (Wildman–Crippen MR) is 74.9 cm³/mol. The molecule has 1 saturated carbocycles. The summed E-state index contributed by atoms with van der Waals surface area (Å²) in [4.78, 5) is 4.64. The monoisotopic (exact) mass is 250 g/mol. The van der Waals surface area contributed by atoms with Crippen LogP contribution in [-0.4, -0.2) is 4.98 Å². The Hall–Kier alpha value is -2.29. The second kappa shape index (κ2) is 3.60. The van der Waals surface area contributed by atoms with E-state index in [0.717, 1.165) is 35.5 Å². The lowest BCUT2D eigenvalue weighted by molar-refractivity contribution is 0.492. The van der Waals surface area contributed by atoms with Crippen molar-refractivity contribution >= 4 is 16.8 Å². The van der Waals surface area contributed by atoms with Crippen LogP contribution in [0, 0.1) is 0 Å². The molecule has 94 valence electrons. The van der Waals surface area contributed by atoms with Crippen molar-refractivity contribution in [3.05, 3.63) is 60.0 Å². The number of rotatable bonds is 2. The molecule has 0 unspecified atom stereocenters. The third kappa shape index (κ3) is 1.55. The maximum atomic E-state index is 5.94. The Morgan fingerprint density at radius 2 is 1.84 bits per heavy atom. The van der Waals surface area contributed by atoms with Gasteiger partial charge in [0.15, 0.2) is 5.58 Å². The van der Waals surface area contributed by atoms with E-state index in [9.17, 15) is 0 Å². The highest BCUT2D eigenvalue weighted by atomic mass is 16.3. The lowest BCUT2D eigenvalue weighted by atomic mass is 9.96. The fraction of sp³-hybridized carbons (Fsp3) is 0.188. The number of benzene rings is 2. The number of aromatic nitrogens is 1. The number of nitrogens with zero attached hydrogens (tertiary/aromatic N) is 1. The van der Waals surface area contributed by atoms with Crippen molar-refractivity contribution in [3.8, 4) is 0 Å². The molecule has 0 saturated heterocycles. The van der Waals surface area contributed by atoms with Gasteiger partial charge in [-0.05, 0) is 36.6 Å². The topological polar surface area (TPSA) is 52.0 Å². The van der Waals surface area contributed by atoms with Gasteiger partial charge < -0.3 is 10.2 Å². The molecule has 0 atom stereocenters. The van der Waals surface area contributed by atoms with Crippen LogP contribution in [0.3, 0.4) is 0 Å². The van der Waals surface area contributed by atoms with E-state index in [4.69, 9.17) is 10.2 Å². The van der Waals surface area contributed by atoms with Crippen LogP contribution in [0.5, 0.6) is 0 Å². The number of fused-ring (bicyclic) bond motifs is 1. The minimum Gasteiger partial charge on any atom is -0.440 e. The van der Waals surface area contributed by atoms with E-state index < -0.39 is 0 Å². The molecule has 0 amide bonds. The van der Waals surface area contributed by atoms with Crippen LogP contribution >= 0.6 is 0 Å². The average Bonchev–Trinajstić information content (AvgIpc) is 3.14. The summed E-state index contributed by atoms with van der Waals surface area (Å²) >= 11 is 0. The first-order chi connectivity index (χ1) is 9.28. The van der Waals surface area contributed by atoms with E-state index in [1.54, 1.807) is 0 Å². The molecule has 1 aliphatic carbocycles. The number of hydrogen-bond acceptors (Lipinski definition) is 3. The number of nitrogen functional groups attached to an aromatic ring is 1. The van der Waals surface area contributed by atoms with Gasteiger partial charge in [-0.2, -0.15) is 0 Å². The molecule has 1 aromatic heterocycles. The molecule has 3 aromatic rings. The van der Waals surface area contributed by atoms with Crippen molar-refractivity contribution < 1.29 is 4.42 Å². The number of nitrogens with two attached hydrogens (primary N) is 1. The summed E-state index contributed by atoms with van der Waals surface area (Å²) in [6.45, 7) is 0. The molecule has 19 heavy (non-hydrogen) atoms. The maximum absolute atomic E-state index is 5.94. The van der Waals surface area contributed by atoms with Gasteiger partial charge >= 0.3 is 0 Å². The highest BCUT2D eigenvalue weighted by molar-refractivity contribution is 5.77. The van der Waals surface area contributed by atoms with Crippen molar-refractivity contribution in [2.24, 2.45) is 0 Å². The van der Waals surface area contributed by atoms with Crippen LogP contribution in [0.25, 0.3) is 11.1 Å². The molecule has 0 radical (unpaired) electrons. The van der Waals surface area contributed by atoms with Crippen LogP contribution in [0.15, 0.2) is 52.9 Å². The third-order valence-corrected chi connectivity index (χ3v) is 3.90. The molecule has 0 aliphatic heterocycles. The van der Waals surface area contributed by atoms with Crippen LogP contribution in [-0.2, 0) is 5.41 Å². The number of hydrogen-bond donors (Lipinski definition) is 1. The van der Waals surface area contributed by atoms with Gasteiger partial charge in [-0.1, -0.05) is 30.3 Å². The highest BCUT2D eigenvalue weighted by Gasteiger charge is 2.50. The quantitative estimate of drug-likeness (QED) is 0.708. The van der Waals surface area contributed by atoms with Crippen molar-refractivity contribution in [1.82, 2.24) is 4.98 Å². The van der Waals surface area contributed by atoms with Crippen LogP contribution < -0.4 is 5.73 Å². The molecule has 0 spiro atoms. The average molecular weight is 250 g/mol. The number of anilines is 1. The van der Waals surface area contributed by atoms with E-state index in [-0.39, 0.29) is 5.41 Å². The summed E-state index contributed by atoms with van der Waals surface area (Å²) < 4.78 is 5.94. The zero-order chi connectivity index (χ0) is 12.9. The molecule has 2 aromatic carbocycles. The molecule has 1 heterocycles. The highest BCUT2D eigenvalue weighted by Crippen LogP contribution is 2.53. The largest absolute Gasteiger partial charge is 0.440 e. The zero-order valence-corrected chi connectivity index (χ0v) is 10.5. The van der Waals surface area contributed by atoms with Gasteiger partial charge in [0, 0.05) is 5.69 Å². The van der Waals surface area contributed by atoms with E-state index in [0.29, 0.717) is 0 Å². The molecular formula is C16H14N2O. The summed E-state index contributed by atoms with van der Waals surface area (Å²) in [5.74, 6) is 0.819. The molecule has 3 heteroatoms. The smallest absolute Gasteiger partial charge is 0.206 e. The Bertz CT molecular complexity index is 742. The van der Waals surface area contributed by atoms with Crippen molar-refractivity contribution in [2.75, 3.05) is 5.73 Å². The summed E-state index contributed by atoms with van der Waals surface area (Å²) in [7, 11) is 0. The first kappa shape index (κ1) is 10.6. The third-order valence-electron chi connectivity index (χ3n) is 3.90.